The number of halogens is 3. The topological polar surface area (TPSA) is 67.2 Å². The molecule has 0 radical (unpaired) electrons. The van der Waals surface area contributed by atoms with Crippen molar-refractivity contribution in [2.24, 2.45) is 0 Å². The summed E-state index contributed by atoms with van der Waals surface area (Å²) in [6, 6.07) is 2.67. The quantitative estimate of drug-likeness (QED) is 0.601. The molecule has 0 amide bonds. The van der Waals surface area contributed by atoms with Crippen LogP contribution in [0.3, 0.4) is 0 Å². The maximum absolute atomic E-state index is 12.7. The van der Waals surface area contributed by atoms with Gasteiger partial charge in [-0.1, -0.05) is 0 Å². The monoisotopic (exact) mass is 257 g/mol. The molecule has 0 unspecified atom stereocenters. The summed E-state index contributed by atoms with van der Waals surface area (Å²) in [7, 11) is 0.994. The van der Waals surface area contributed by atoms with Gasteiger partial charge < -0.3 is 4.74 Å². The van der Waals surface area contributed by atoms with Crippen molar-refractivity contribution in [2.75, 3.05) is 7.11 Å². The first-order valence-corrected chi connectivity index (χ1v) is 4.54. The minimum atomic E-state index is -4.84. The summed E-state index contributed by atoms with van der Waals surface area (Å²) >= 11 is 0. The van der Waals surface area contributed by atoms with Crippen LogP contribution in [0.15, 0.2) is 12.1 Å². The first kappa shape index (κ1) is 13.7. The summed E-state index contributed by atoms with van der Waals surface area (Å²) in [6.07, 6.45) is -4.76. The van der Waals surface area contributed by atoms with Crippen LogP contribution >= 0.6 is 0 Å². The molecule has 0 N–H and O–H groups in total. The maximum Gasteiger partial charge on any atom is 0.417 e. The Morgan fingerprint density at radius 3 is 2.44 bits per heavy atom. The Bertz CT molecular complexity index is 544. The van der Waals surface area contributed by atoms with Gasteiger partial charge >= 0.3 is 12.1 Å². The molecule has 0 aromatic heterocycles. The Labute approximate surface area is 99.6 Å². The third-order valence-corrected chi connectivity index (χ3v) is 2.13. The van der Waals surface area contributed by atoms with Gasteiger partial charge in [0, 0.05) is 5.56 Å². The van der Waals surface area contributed by atoms with Crippen LogP contribution in [0.5, 0.6) is 0 Å². The number of nitrogens with zero attached hydrogens (tertiary/aromatic N) is 1. The molecule has 4 nitrogen and oxygen atoms in total. The number of esters is 1. The zero-order valence-corrected chi connectivity index (χ0v) is 9.04. The maximum atomic E-state index is 12.7. The summed E-state index contributed by atoms with van der Waals surface area (Å²) in [6.45, 7) is 0. The highest BCUT2D eigenvalue weighted by atomic mass is 19.4. The lowest BCUT2D eigenvalue weighted by molar-refractivity contribution is -0.137. The van der Waals surface area contributed by atoms with Gasteiger partial charge in [0.05, 0.1) is 23.8 Å². The molecule has 0 aliphatic rings. The number of methoxy groups -OCH3 is 1. The minimum Gasteiger partial charge on any atom is -0.465 e. The second kappa shape index (κ2) is 4.87. The van der Waals surface area contributed by atoms with E-state index in [0.717, 1.165) is 13.2 Å². The Morgan fingerprint density at radius 1 is 1.44 bits per heavy atom. The van der Waals surface area contributed by atoms with E-state index in [1.165, 1.54) is 6.07 Å². The molecule has 0 spiro atoms. The summed E-state index contributed by atoms with van der Waals surface area (Å²) in [5.74, 6) is -1.02. The second-order valence-corrected chi connectivity index (χ2v) is 3.21. The predicted molar refractivity (Wildman–Crippen MR) is 52.9 cm³/mol. The molecule has 0 atom stereocenters. The highest BCUT2D eigenvalue weighted by Gasteiger charge is 2.35. The fourth-order valence-electron chi connectivity index (χ4n) is 1.34. The Balaban J connectivity index is 3.62. The van der Waals surface area contributed by atoms with Gasteiger partial charge in [0.25, 0.3) is 0 Å². The van der Waals surface area contributed by atoms with Crippen LogP contribution in [0.2, 0.25) is 0 Å². The third-order valence-electron chi connectivity index (χ3n) is 2.13. The molecule has 0 saturated carbocycles. The van der Waals surface area contributed by atoms with Crippen molar-refractivity contribution in [2.45, 2.75) is 6.18 Å². The number of carbonyl (C=O) groups excluding carboxylic acids is 2. The van der Waals surface area contributed by atoms with Crippen molar-refractivity contribution < 1.29 is 27.5 Å². The highest BCUT2D eigenvalue weighted by molar-refractivity contribution is 5.93. The first-order chi connectivity index (χ1) is 8.35. The SMILES string of the molecule is COC(=O)c1cc(C=O)c(C#N)c(C(F)(F)F)c1. The number of aldehydes is 1. The third kappa shape index (κ3) is 2.48. The number of hydrogen-bond acceptors (Lipinski definition) is 4. The van der Waals surface area contributed by atoms with E-state index < -0.39 is 34.4 Å². The van der Waals surface area contributed by atoms with Gasteiger partial charge in [0.1, 0.15) is 6.07 Å². The fourth-order valence-corrected chi connectivity index (χ4v) is 1.34. The molecule has 7 heteroatoms. The van der Waals surface area contributed by atoms with Gasteiger partial charge in [0.15, 0.2) is 6.29 Å². The van der Waals surface area contributed by atoms with Crippen LogP contribution in [0, 0.1) is 11.3 Å². The predicted octanol–water partition coefficient (Wildman–Crippen LogP) is 2.18. The smallest absolute Gasteiger partial charge is 0.417 e. The highest BCUT2D eigenvalue weighted by Crippen LogP contribution is 2.33. The Morgan fingerprint density at radius 2 is 2.06 bits per heavy atom. The van der Waals surface area contributed by atoms with Crippen molar-refractivity contribution in [3.8, 4) is 6.07 Å². The molecule has 1 aromatic carbocycles. The van der Waals surface area contributed by atoms with E-state index in [0.29, 0.717) is 6.07 Å². The molecule has 0 saturated heterocycles. The van der Waals surface area contributed by atoms with E-state index in [9.17, 15) is 22.8 Å². The molecule has 1 aromatic rings. The van der Waals surface area contributed by atoms with E-state index in [1.807, 2.05) is 0 Å². The van der Waals surface area contributed by atoms with Gasteiger partial charge in [-0.25, -0.2) is 4.79 Å². The molecular formula is C11H6F3NO3. The molecule has 0 aliphatic carbocycles. The number of alkyl halides is 3. The van der Waals surface area contributed by atoms with Crippen molar-refractivity contribution in [3.05, 3.63) is 34.4 Å². The largest absolute Gasteiger partial charge is 0.465 e. The van der Waals surface area contributed by atoms with E-state index in [1.54, 1.807) is 0 Å². The molecule has 18 heavy (non-hydrogen) atoms. The molecule has 1 rings (SSSR count). The van der Waals surface area contributed by atoms with Crippen LogP contribution in [-0.4, -0.2) is 19.4 Å². The summed E-state index contributed by atoms with van der Waals surface area (Å²) in [4.78, 5) is 21.8. The Kier molecular flexibility index (Phi) is 3.71. The fraction of sp³-hybridized carbons (Fsp3) is 0.182. The van der Waals surface area contributed by atoms with Gasteiger partial charge in [0.2, 0.25) is 0 Å². The summed E-state index contributed by atoms with van der Waals surface area (Å²) in [5, 5.41) is 8.66. The second-order valence-electron chi connectivity index (χ2n) is 3.21. The molecule has 0 bridgehead atoms. The van der Waals surface area contributed by atoms with E-state index in [-0.39, 0.29) is 6.29 Å². The van der Waals surface area contributed by atoms with Crippen LogP contribution in [0.25, 0.3) is 0 Å². The number of benzene rings is 1. The van der Waals surface area contributed by atoms with Crippen LogP contribution in [-0.2, 0) is 10.9 Å². The van der Waals surface area contributed by atoms with Crippen molar-refractivity contribution in [3.63, 3.8) is 0 Å². The van der Waals surface area contributed by atoms with Crippen molar-refractivity contribution >= 4 is 12.3 Å². The lowest BCUT2D eigenvalue weighted by Gasteiger charge is -2.11. The Hall–Kier alpha value is -2.36. The number of carbonyl (C=O) groups is 2. The molecule has 94 valence electrons. The number of nitriles is 1. The van der Waals surface area contributed by atoms with Crippen LogP contribution in [0.4, 0.5) is 13.2 Å². The van der Waals surface area contributed by atoms with Crippen molar-refractivity contribution in [1.29, 1.82) is 5.26 Å². The summed E-state index contributed by atoms with van der Waals surface area (Å²) in [5.41, 5.74) is -3.10. The lowest BCUT2D eigenvalue weighted by atomic mass is 9.98. The molecule has 0 heterocycles. The van der Waals surface area contributed by atoms with Gasteiger partial charge in [-0.2, -0.15) is 18.4 Å². The molecular weight excluding hydrogens is 251 g/mol. The van der Waals surface area contributed by atoms with Gasteiger partial charge in [-0.3, -0.25) is 4.79 Å². The first-order valence-electron chi connectivity index (χ1n) is 4.54. The average Bonchev–Trinajstić information content (AvgIpc) is 2.34. The standard InChI is InChI=1S/C11H6F3NO3/c1-18-10(17)6-2-7(5-16)8(4-15)9(3-6)11(12,13)14/h2-3,5H,1H3. The van der Waals surface area contributed by atoms with E-state index in [4.69, 9.17) is 5.26 Å². The van der Waals surface area contributed by atoms with Crippen LogP contribution in [0.1, 0.15) is 31.8 Å². The van der Waals surface area contributed by atoms with Gasteiger partial charge in [-0.05, 0) is 12.1 Å². The minimum absolute atomic E-state index is 0.0836. The zero-order chi connectivity index (χ0) is 13.9. The summed E-state index contributed by atoms with van der Waals surface area (Å²) < 4.78 is 42.3. The zero-order valence-electron chi connectivity index (χ0n) is 9.04. The average molecular weight is 257 g/mol. The van der Waals surface area contributed by atoms with E-state index in [2.05, 4.69) is 4.74 Å². The molecule has 0 aliphatic heterocycles. The van der Waals surface area contributed by atoms with Crippen LogP contribution < -0.4 is 0 Å². The van der Waals surface area contributed by atoms with E-state index >= 15 is 0 Å². The van der Waals surface area contributed by atoms with Gasteiger partial charge in [-0.15, -0.1) is 0 Å². The number of rotatable bonds is 2. The lowest BCUT2D eigenvalue weighted by Crippen LogP contribution is -2.13. The normalized spacial score (nSPS) is 10.6. The number of ether oxygens (including phenoxy) is 1. The molecule has 0 fully saturated rings. The number of hydrogen-bond donors (Lipinski definition) is 0. The van der Waals surface area contributed by atoms with Crippen molar-refractivity contribution in [1.82, 2.24) is 0 Å².